The van der Waals surface area contributed by atoms with E-state index in [9.17, 15) is 0 Å². The van der Waals surface area contributed by atoms with Crippen LogP contribution < -0.4 is 0 Å². The molecule has 9 aromatic carbocycles. The van der Waals surface area contributed by atoms with Gasteiger partial charge in [0.15, 0.2) is 0 Å². The van der Waals surface area contributed by atoms with Crippen LogP contribution in [-0.4, -0.2) is 4.57 Å². The van der Waals surface area contributed by atoms with Gasteiger partial charge >= 0.3 is 0 Å². The van der Waals surface area contributed by atoms with Crippen molar-refractivity contribution in [2.75, 3.05) is 0 Å². The minimum absolute atomic E-state index is 0.0653. The number of para-hydroxylation sites is 2. The summed E-state index contributed by atoms with van der Waals surface area (Å²) in [5.74, 6) is 0.0653. The Bertz CT molecular complexity index is 2860. The first-order valence-corrected chi connectivity index (χ1v) is 18.0. The smallest absolute Gasteiger partial charge is 0.0619 e. The first-order chi connectivity index (χ1) is 25.8. The van der Waals surface area contributed by atoms with Gasteiger partial charge in [0.25, 0.3) is 0 Å². The molecule has 1 nitrogen and oxygen atoms in total. The second-order valence-electron chi connectivity index (χ2n) is 13.7. The number of rotatable bonds is 6. The van der Waals surface area contributed by atoms with Gasteiger partial charge in [-0.25, -0.2) is 0 Å². The van der Waals surface area contributed by atoms with Crippen LogP contribution in [-0.2, 0) is 0 Å². The van der Waals surface area contributed by atoms with E-state index in [1.165, 1.54) is 88.0 Å². The second-order valence-corrected chi connectivity index (χ2v) is 13.7. The van der Waals surface area contributed by atoms with E-state index in [-0.39, 0.29) is 5.92 Å². The zero-order chi connectivity index (χ0) is 34.4. The number of fused-ring (bicyclic) bond motifs is 6. The zero-order valence-corrected chi connectivity index (χ0v) is 28.7. The molecule has 10 aromatic rings. The van der Waals surface area contributed by atoms with E-state index in [4.69, 9.17) is 0 Å². The molecule has 1 atom stereocenters. The van der Waals surface area contributed by atoms with E-state index in [0.29, 0.717) is 0 Å². The quantitative estimate of drug-likeness (QED) is 0.156. The molecular weight excluding hydrogens is 627 g/mol. The van der Waals surface area contributed by atoms with Crippen molar-refractivity contribution in [1.29, 1.82) is 0 Å². The van der Waals surface area contributed by atoms with Crippen molar-refractivity contribution in [2.24, 2.45) is 0 Å². The van der Waals surface area contributed by atoms with Crippen molar-refractivity contribution in [2.45, 2.75) is 5.92 Å². The van der Waals surface area contributed by atoms with Crippen LogP contribution in [0.1, 0.15) is 22.6 Å². The molecule has 0 radical (unpaired) electrons. The molecule has 0 bridgehead atoms. The van der Waals surface area contributed by atoms with Crippen LogP contribution in [0.5, 0.6) is 0 Å². The van der Waals surface area contributed by atoms with Crippen LogP contribution in [0.2, 0.25) is 0 Å². The third-order valence-electron chi connectivity index (χ3n) is 10.7. The van der Waals surface area contributed by atoms with Crippen LogP contribution >= 0.6 is 0 Å². The fourth-order valence-corrected chi connectivity index (χ4v) is 8.14. The average molecular weight is 662 g/mol. The van der Waals surface area contributed by atoms with Crippen LogP contribution in [0.15, 0.2) is 206 Å². The van der Waals surface area contributed by atoms with Crippen molar-refractivity contribution >= 4 is 43.4 Å². The van der Waals surface area contributed by atoms with Crippen LogP contribution in [0.4, 0.5) is 0 Å². The fraction of sp³-hybridized carbons (Fsp3) is 0.0196. The van der Waals surface area contributed by atoms with Crippen molar-refractivity contribution < 1.29 is 0 Å². The fourth-order valence-electron chi connectivity index (χ4n) is 8.14. The highest BCUT2D eigenvalue weighted by Gasteiger charge is 2.20. The van der Waals surface area contributed by atoms with Gasteiger partial charge in [-0.2, -0.15) is 0 Å². The molecule has 0 aliphatic rings. The number of benzene rings is 9. The van der Waals surface area contributed by atoms with E-state index < -0.39 is 0 Å². The van der Waals surface area contributed by atoms with Crippen LogP contribution in [0, 0.1) is 0 Å². The summed E-state index contributed by atoms with van der Waals surface area (Å²) in [5, 5.41) is 7.57. The lowest BCUT2D eigenvalue weighted by atomic mass is 9.83. The highest BCUT2D eigenvalue weighted by atomic mass is 15.0. The van der Waals surface area contributed by atoms with Crippen LogP contribution in [0.3, 0.4) is 0 Å². The third-order valence-corrected chi connectivity index (χ3v) is 10.7. The Balaban J connectivity index is 1.12. The topological polar surface area (TPSA) is 4.93 Å². The molecule has 0 spiro atoms. The van der Waals surface area contributed by atoms with Gasteiger partial charge in [0, 0.05) is 27.8 Å². The van der Waals surface area contributed by atoms with Gasteiger partial charge in [-0.1, -0.05) is 182 Å². The Morgan fingerprint density at radius 3 is 1.60 bits per heavy atom. The van der Waals surface area contributed by atoms with Gasteiger partial charge in [0.05, 0.1) is 11.0 Å². The number of hydrogen-bond acceptors (Lipinski definition) is 0. The molecule has 1 unspecified atom stereocenters. The maximum Gasteiger partial charge on any atom is 0.0619 e. The first kappa shape index (κ1) is 30.2. The lowest BCUT2D eigenvalue weighted by Crippen LogP contribution is -2.04. The summed E-state index contributed by atoms with van der Waals surface area (Å²) < 4.78 is 2.43. The molecule has 0 amide bonds. The molecular formula is C51H35N. The largest absolute Gasteiger partial charge is 0.309 e. The SMILES string of the molecule is c1ccc(-c2ccc(C(c3ccc(-c4ccc5ccccc5c4)cc3)c3ccc4c(ccc5c6ccccc6n(-c6ccccc6)c45)c3)cc2)cc1. The highest BCUT2D eigenvalue weighted by molar-refractivity contribution is 6.18. The predicted octanol–water partition coefficient (Wildman–Crippen LogP) is 13.6. The maximum atomic E-state index is 2.43. The van der Waals surface area contributed by atoms with Gasteiger partial charge in [-0.3, -0.25) is 0 Å². The molecule has 1 aromatic heterocycles. The van der Waals surface area contributed by atoms with Crippen molar-refractivity contribution in [3.8, 4) is 27.9 Å². The summed E-state index contributed by atoms with van der Waals surface area (Å²) in [5.41, 5.74) is 12.4. The van der Waals surface area contributed by atoms with E-state index in [2.05, 4.69) is 211 Å². The molecule has 0 fully saturated rings. The first-order valence-electron chi connectivity index (χ1n) is 18.0. The lowest BCUT2D eigenvalue weighted by molar-refractivity contribution is 0.981. The molecule has 1 heteroatoms. The molecule has 0 N–H and O–H groups in total. The standard InChI is InChI=1S/C51H35N/c1-3-11-35(12-4-1)37-19-24-39(25-20-37)50(40-26-21-38(22-27-40)42-28-23-36-13-7-8-14-41(36)33-42)44-30-31-46-43(34-44)29-32-48-47-17-9-10-18-49(47)52(51(46)48)45-15-5-2-6-16-45/h1-34,50H. The summed E-state index contributed by atoms with van der Waals surface area (Å²) in [7, 11) is 0. The zero-order valence-electron chi connectivity index (χ0n) is 28.7. The third kappa shape index (κ3) is 5.18. The number of nitrogens with zero attached hydrogens (tertiary/aromatic N) is 1. The number of hydrogen-bond donors (Lipinski definition) is 0. The van der Waals surface area contributed by atoms with E-state index in [1.807, 2.05) is 0 Å². The maximum absolute atomic E-state index is 2.43. The molecule has 0 saturated carbocycles. The van der Waals surface area contributed by atoms with Gasteiger partial charge in [-0.15, -0.1) is 0 Å². The van der Waals surface area contributed by atoms with Gasteiger partial charge in [0.1, 0.15) is 0 Å². The van der Waals surface area contributed by atoms with E-state index >= 15 is 0 Å². The summed E-state index contributed by atoms with van der Waals surface area (Å²) in [6, 6.07) is 75.5. The van der Waals surface area contributed by atoms with Crippen molar-refractivity contribution in [3.05, 3.63) is 223 Å². The molecule has 52 heavy (non-hydrogen) atoms. The Morgan fingerprint density at radius 2 is 0.846 bits per heavy atom. The monoisotopic (exact) mass is 661 g/mol. The Kier molecular flexibility index (Phi) is 7.29. The molecule has 0 saturated heterocycles. The summed E-state index contributed by atoms with van der Waals surface area (Å²) in [6.07, 6.45) is 0. The second kappa shape index (κ2) is 12.6. The molecule has 0 aliphatic heterocycles. The normalized spacial score (nSPS) is 12.2. The number of aromatic nitrogens is 1. The lowest BCUT2D eigenvalue weighted by Gasteiger charge is -2.21. The average Bonchev–Trinajstić information content (AvgIpc) is 3.57. The predicted molar refractivity (Wildman–Crippen MR) is 220 cm³/mol. The highest BCUT2D eigenvalue weighted by Crippen LogP contribution is 2.40. The molecule has 10 rings (SSSR count). The minimum atomic E-state index is 0.0653. The Hall–Kier alpha value is -6.70. The Morgan fingerprint density at radius 1 is 0.308 bits per heavy atom. The van der Waals surface area contributed by atoms with Gasteiger partial charge < -0.3 is 4.57 Å². The summed E-state index contributed by atoms with van der Waals surface area (Å²) in [4.78, 5) is 0. The summed E-state index contributed by atoms with van der Waals surface area (Å²) in [6.45, 7) is 0. The van der Waals surface area contributed by atoms with Gasteiger partial charge in [0.2, 0.25) is 0 Å². The van der Waals surface area contributed by atoms with Crippen molar-refractivity contribution in [3.63, 3.8) is 0 Å². The molecule has 0 aliphatic carbocycles. The van der Waals surface area contributed by atoms with E-state index in [1.54, 1.807) is 0 Å². The van der Waals surface area contributed by atoms with Gasteiger partial charge in [-0.05, 0) is 79.4 Å². The Labute approximate surface area is 303 Å². The molecule has 1 heterocycles. The molecule has 244 valence electrons. The van der Waals surface area contributed by atoms with Crippen LogP contribution in [0.25, 0.3) is 71.3 Å². The minimum Gasteiger partial charge on any atom is -0.309 e. The van der Waals surface area contributed by atoms with E-state index in [0.717, 1.165) is 0 Å². The summed E-state index contributed by atoms with van der Waals surface area (Å²) >= 11 is 0. The van der Waals surface area contributed by atoms with Crippen molar-refractivity contribution in [1.82, 2.24) is 4.57 Å².